The topological polar surface area (TPSA) is 63.0 Å². The fraction of sp³-hybridized carbons (Fsp3) is 0.355. The smallest absolute Gasteiger partial charge is 0.290 e. The normalized spacial score (nSPS) is 15.2. The molecule has 0 fully saturated rings. The van der Waals surface area contributed by atoms with E-state index in [0.717, 1.165) is 54.6 Å². The van der Waals surface area contributed by atoms with Gasteiger partial charge in [0.15, 0.2) is 5.43 Å². The van der Waals surface area contributed by atoms with Gasteiger partial charge in [-0.1, -0.05) is 63.2 Å². The number of fused-ring (bicyclic) bond motifs is 4. The van der Waals surface area contributed by atoms with E-state index in [2.05, 4.69) is 25.7 Å². The molecule has 192 valence electrons. The summed E-state index contributed by atoms with van der Waals surface area (Å²) in [4.78, 5) is 31.9. The molecule has 1 aliphatic rings. The Kier molecular flexibility index (Phi) is 7.28. The maximum Gasteiger partial charge on any atom is 0.290 e. The molecule has 6 heteroatoms. The third-order valence-corrected chi connectivity index (χ3v) is 7.29. The summed E-state index contributed by atoms with van der Waals surface area (Å²) in [5, 5.41) is 2.31. The lowest BCUT2D eigenvalue weighted by atomic mass is 9.97. The fourth-order valence-electron chi connectivity index (χ4n) is 5.30. The lowest BCUT2D eigenvalue weighted by Crippen LogP contribution is -2.33. The highest BCUT2D eigenvalue weighted by molar-refractivity contribution is 6.06. The van der Waals surface area contributed by atoms with Crippen molar-refractivity contribution in [3.8, 4) is 5.75 Å². The van der Waals surface area contributed by atoms with Gasteiger partial charge in [0.2, 0.25) is 5.76 Å². The van der Waals surface area contributed by atoms with Crippen LogP contribution in [0.5, 0.6) is 5.75 Å². The molecule has 0 saturated heterocycles. The highest BCUT2D eigenvalue weighted by Crippen LogP contribution is 2.39. The van der Waals surface area contributed by atoms with Crippen molar-refractivity contribution >= 4 is 27.6 Å². The Morgan fingerprint density at radius 1 is 0.919 bits per heavy atom. The van der Waals surface area contributed by atoms with Crippen molar-refractivity contribution in [2.45, 2.75) is 39.7 Å². The Balaban J connectivity index is 1.61. The quantitative estimate of drug-likeness (QED) is 0.251. The van der Waals surface area contributed by atoms with Crippen LogP contribution in [0.3, 0.4) is 0 Å². The maximum atomic E-state index is 14.0. The summed E-state index contributed by atoms with van der Waals surface area (Å²) in [6.07, 6.45) is 1.74. The Bertz CT molecular complexity index is 1470. The number of hydrogen-bond donors (Lipinski definition) is 0. The highest BCUT2D eigenvalue weighted by atomic mass is 16.5. The van der Waals surface area contributed by atoms with Gasteiger partial charge in [-0.25, -0.2) is 0 Å². The first kappa shape index (κ1) is 25.0. The zero-order chi connectivity index (χ0) is 25.9. The maximum absolute atomic E-state index is 14.0. The molecule has 1 unspecified atom stereocenters. The van der Waals surface area contributed by atoms with Crippen molar-refractivity contribution < 1.29 is 13.9 Å². The number of carbonyl (C=O) groups excluding carboxylic acids is 1. The molecule has 1 atom stereocenters. The van der Waals surface area contributed by atoms with E-state index in [1.807, 2.05) is 65.6 Å². The molecule has 0 bridgehead atoms. The van der Waals surface area contributed by atoms with Crippen molar-refractivity contribution in [3.63, 3.8) is 0 Å². The van der Waals surface area contributed by atoms with E-state index in [-0.39, 0.29) is 17.1 Å². The zero-order valence-electron chi connectivity index (χ0n) is 21.8. The van der Waals surface area contributed by atoms with Crippen LogP contribution in [-0.2, 0) is 0 Å². The largest absolute Gasteiger partial charge is 0.494 e. The third kappa shape index (κ3) is 4.62. The van der Waals surface area contributed by atoms with Crippen LogP contribution in [-0.4, -0.2) is 48.5 Å². The summed E-state index contributed by atoms with van der Waals surface area (Å²) < 4.78 is 12.1. The minimum absolute atomic E-state index is 0.141. The van der Waals surface area contributed by atoms with Crippen LogP contribution in [0, 0.1) is 0 Å². The van der Waals surface area contributed by atoms with Gasteiger partial charge < -0.3 is 19.0 Å². The molecule has 1 aliphatic heterocycles. The molecule has 0 saturated carbocycles. The molecule has 4 aromatic rings. The molecule has 0 N–H and O–H groups in total. The van der Waals surface area contributed by atoms with Crippen LogP contribution >= 0.6 is 0 Å². The second kappa shape index (κ2) is 10.8. The lowest BCUT2D eigenvalue weighted by molar-refractivity contribution is 0.0720. The van der Waals surface area contributed by atoms with Gasteiger partial charge in [0.05, 0.1) is 23.6 Å². The number of nitrogens with zero attached hydrogens (tertiary/aromatic N) is 2. The molecule has 1 amide bonds. The predicted octanol–water partition coefficient (Wildman–Crippen LogP) is 6.01. The molecule has 6 nitrogen and oxygen atoms in total. The van der Waals surface area contributed by atoms with Gasteiger partial charge in [-0.3, -0.25) is 9.59 Å². The van der Waals surface area contributed by atoms with Gasteiger partial charge >= 0.3 is 0 Å². The third-order valence-electron chi connectivity index (χ3n) is 7.29. The van der Waals surface area contributed by atoms with Crippen LogP contribution in [0.4, 0.5) is 0 Å². The van der Waals surface area contributed by atoms with Gasteiger partial charge in [-0.2, -0.15) is 0 Å². The highest BCUT2D eigenvalue weighted by Gasteiger charge is 2.42. The van der Waals surface area contributed by atoms with Gasteiger partial charge in [0, 0.05) is 11.9 Å². The summed E-state index contributed by atoms with van der Waals surface area (Å²) in [7, 11) is 0. The minimum atomic E-state index is -0.494. The Morgan fingerprint density at radius 3 is 2.41 bits per heavy atom. The molecular weight excluding hydrogens is 464 g/mol. The van der Waals surface area contributed by atoms with E-state index in [4.69, 9.17) is 9.15 Å². The first-order chi connectivity index (χ1) is 18.1. The van der Waals surface area contributed by atoms with Gasteiger partial charge in [-0.15, -0.1) is 0 Å². The monoisotopic (exact) mass is 498 g/mol. The van der Waals surface area contributed by atoms with Crippen LogP contribution in [0.1, 0.15) is 61.3 Å². The number of rotatable bonds is 10. The number of amides is 1. The first-order valence-electron chi connectivity index (χ1n) is 13.3. The Hall–Kier alpha value is -3.64. The Morgan fingerprint density at radius 2 is 1.68 bits per heavy atom. The van der Waals surface area contributed by atoms with Crippen LogP contribution < -0.4 is 10.2 Å². The van der Waals surface area contributed by atoms with E-state index >= 15 is 0 Å². The molecule has 0 aliphatic carbocycles. The summed E-state index contributed by atoms with van der Waals surface area (Å²) in [5.41, 5.74) is 1.64. The molecular formula is C31H34N2O4. The van der Waals surface area contributed by atoms with Gasteiger partial charge in [0.1, 0.15) is 11.3 Å². The van der Waals surface area contributed by atoms with Crippen molar-refractivity contribution in [1.29, 1.82) is 0 Å². The van der Waals surface area contributed by atoms with Crippen molar-refractivity contribution in [2.24, 2.45) is 0 Å². The summed E-state index contributed by atoms with van der Waals surface area (Å²) in [5.74, 6) is 0.714. The standard InChI is InChI=1S/C31H34N2O4/c1-4-20-36-23-15-12-22(13-16-23)27-26-28(34)25-17-14-21-10-7-8-11-24(21)29(25)37-30(26)31(35)33(27)19-9-18-32(5-2)6-3/h7-8,10-17,27H,4-6,9,18-20H2,1-3H3. The second-order valence-electron chi connectivity index (χ2n) is 9.54. The number of hydrogen-bond acceptors (Lipinski definition) is 5. The van der Waals surface area contributed by atoms with Crippen LogP contribution in [0.2, 0.25) is 0 Å². The Labute approximate surface area is 217 Å². The van der Waals surface area contributed by atoms with Crippen molar-refractivity contribution in [2.75, 3.05) is 32.8 Å². The van der Waals surface area contributed by atoms with Crippen molar-refractivity contribution in [3.05, 3.63) is 87.8 Å². The lowest BCUT2D eigenvalue weighted by Gasteiger charge is -2.26. The zero-order valence-corrected chi connectivity index (χ0v) is 21.8. The van der Waals surface area contributed by atoms with E-state index in [0.29, 0.717) is 29.7 Å². The number of ether oxygens (including phenoxy) is 1. The molecule has 37 heavy (non-hydrogen) atoms. The van der Waals surface area contributed by atoms with E-state index in [1.165, 1.54) is 0 Å². The predicted molar refractivity (Wildman–Crippen MR) is 148 cm³/mol. The van der Waals surface area contributed by atoms with Gasteiger partial charge in [-0.05, 0) is 61.6 Å². The van der Waals surface area contributed by atoms with Crippen LogP contribution in [0.25, 0.3) is 21.7 Å². The molecule has 1 aromatic heterocycles. The van der Waals surface area contributed by atoms with E-state index in [9.17, 15) is 9.59 Å². The fourth-order valence-corrected chi connectivity index (χ4v) is 5.30. The number of benzene rings is 3. The van der Waals surface area contributed by atoms with Gasteiger partial charge in [0.25, 0.3) is 5.91 Å². The first-order valence-corrected chi connectivity index (χ1v) is 13.3. The van der Waals surface area contributed by atoms with E-state index in [1.54, 1.807) is 0 Å². The molecule has 3 aromatic carbocycles. The van der Waals surface area contributed by atoms with Crippen LogP contribution in [0.15, 0.2) is 69.9 Å². The summed E-state index contributed by atoms with van der Waals surface area (Å²) in [6, 6.07) is 18.8. The molecule has 0 spiro atoms. The second-order valence-corrected chi connectivity index (χ2v) is 9.54. The average molecular weight is 499 g/mol. The molecule has 2 heterocycles. The van der Waals surface area contributed by atoms with Crippen molar-refractivity contribution in [1.82, 2.24) is 9.80 Å². The summed E-state index contributed by atoms with van der Waals surface area (Å²) in [6.45, 7) is 10.3. The molecule has 5 rings (SSSR count). The molecule has 0 radical (unpaired) electrons. The number of carbonyl (C=O) groups is 1. The minimum Gasteiger partial charge on any atom is -0.494 e. The average Bonchev–Trinajstić information content (AvgIpc) is 3.21. The SMILES string of the molecule is CCCOc1ccc(C2c3c(oc4c(ccc5ccccc54)c3=O)C(=O)N2CCCN(CC)CC)cc1. The summed E-state index contributed by atoms with van der Waals surface area (Å²) >= 11 is 0. The van der Waals surface area contributed by atoms with E-state index < -0.39 is 6.04 Å².